The Kier molecular flexibility index (Phi) is 10.3. The summed E-state index contributed by atoms with van der Waals surface area (Å²) < 4.78 is 20.2. The van der Waals surface area contributed by atoms with Crippen LogP contribution in [0.4, 0.5) is 11.6 Å². The van der Waals surface area contributed by atoms with Crippen LogP contribution in [0.1, 0.15) is 62.1 Å². The lowest BCUT2D eigenvalue weighted by molar-refractivity contribution is 0.0459. The van der Waals surface area contributed by atoms with Crippen LogP contribution in [0.3, 0.4) is 0 Å². The Labute approximate surface area is 290 Å². The van der Waals surface area contributed by atoms with Gasteiger partial charge in [0.25, 0.3) is 5.88 Å². The number of nitrogens with one attached hydrogen (secondary N) is 1. The van der Waals surface area contributed by atoms with Gasteiger partial charge in [0, 0.05) is 48.2 Å². The Morgan fingerprint density at radius 1 is 1.10 bits per heavy atom. The molecule has 0 amide bonds. The summed E-state index contributed by atoms with van der Waals surface area (Å²) in [7, 11) is 0. The van der Waals surface area contributed by atoms with Gasteiger partial charge in [0.2, 0.25) is 5.95 Å². The average Bonchev–Trinajstić information content (AvgIpc) is 3.69. The molecule has 49 heavy (non-hydrogen) atoms. The van der Waals surface area contributed by atoms with E-state index < -0.39 is 0 Å². The van der Waals surface area contributed by atoms with Crippen LogP contribution in [0.2, 0.25) is 0 Å². The molecule has 3 N–H and O–H groups in total. The molecule has 13 nitrogen and oxygen atoms in total. The van der Waals surface area contributed by atoms with Crippen molar-refractivity contribution >= 4 is 29.3 Å². The van der Waals surface area contributed by atoms with Gasteiger partial charge in [-0.25, -0.2) is 15.0 Å². The van der Waals surface area contributed by atoms with Crippen LogP contribution in [0.25, 0.3) is 11.1 Å². The molecule has 0 spiro atoms. The Balaban J connectivity index is 1.05. The number of ether oxygens (including phenoxy) is 3. The first-order valence-corrected chi connectivity index (χ1v) is 17.9. The van der Waals surface area contributed by atoms with Crippen molar-refractivity contribution in [2.45, 2.75) is 76.3 Å². The van der Waals surface area contributed by atoms with Crippen molar-refractivity contribution in [1.29, 1.82) is 5.26 Å². The molecule has 3 aliphatic heterocycles. The summed E-state index contributed by atoms with van der Waals surface area (Å²) >= 11 is 1.55. The summed E-state index contributed by atoms with van der Waals surface area (Å²) in [4.78, 5) is 20.4. The first-order valence-electron chi connectivity index (χ1n) is 17.0. The Hall–Kier alpha value is -4.58. The molecule has 6 heterocycles. The fourth-order valence-electron chi connectivity index (χ4n) is 7.15. The number of hydrogen-bond donors (Lipinski definition) is 2. The number of fused-ring (bicyclic) bond motifs is 4. The lowest BCUT2D eigenvalue weighted by Crippen LogP contribution is -2.50. The number of nitrogens with two attached hydrogens (primary N) is 1. The highest BCUT2D eigenvalue weighted by Gasteiger charge is 2.37. The molecule has 4 fully saturated rings. The highest BCUT2D eigenvalue weighted by molar-refractivity contribution is 7.09. The number of benzene rings is 1. The third-order valence-corrected chi connectivity index (χ3v) is 10.4. The van der Waals surface area contributed by atoms with E-state index in [0.717, 1.165) is 55.0 Å². The minimum atomic E-state index is -0.252. The zero-order valence-electron chi connectivity index (χ0n) is 27.6. The highest BCUT2D eigenvalue weighted by atomic mass is 32.1. The summed E-state index contributed by atoms with van der Waals surface area (Å²) in [5.41, 5.74) is 8.12. The van der Waals surface area contributed by atoms with Crippen molar-refractivity contribution in [1.82, 2.24) is 29.6 Å². The molecule has 1 aromatic carbocycles. The molecule has 8 rings (SSSR count). The van der Waals surface area contributed by atoms with E-state index in [9.17, 15) is 5.26 Å². The summed E-state index contributed by atoms with van der Waals surface area (Å²) in [6.45, 7) is 5.56. The zero-order valence-corrected chi connectivity index (χ0v) is 28.5. The maximum absolute atomic E-state index is 9.60. The molecule has 4 aliphatic rings. The summed E-state index contributed by atoms with van der Waals surface area (Å²) in [6.07, 6.45) is 15.3. The van der Waals surface area contributed by atoms with E-state index in [1.807, 2.05) is 30.6 Å². The zero-order chi connectivity index (χ0) is 33.6. The van der Waals surface area contributed by atoms with E-state index in [1.165, 1.54) is 25.7 Å². The molecule has 2 bridgehead atoms. The SMILES string of the molecule is C[C@@H](CN=CN)Oc1cc(-c2cnc(Nc3cn(C4CCC(N5CC6CC[C@@H]5COC6)CC4)nc3OCc3nccs3)nc2)ccc1C#N. The number of rotatable bonds is 12. The molecule has 14 heteroatoms. The molecule has 0 radical (unpaired) electrons. The minimum Gasteiger partial charge on any atom is -0.487 e. The topological polar surface area (TPSA) is 162 Å². The number of anilines is 2. The molecule has 4 aromatic rings. The van der Waals surface area contributed by atoms with Gasteiger partial charge in [0.05, 0.1) is 43.9 Å². The molecule has 3 atom stereocenters. The van der Waals surface area contributed by atoms with E-state index in [4.69, 9.17) is 25.0 Å². The molecule has 1 saturated carbocycles. The van der Waals surface area contributed by atoms with Crippen molar-refractivity contribution in [2.24, 2.45) is 16.6 Å². The van der Waals surface area contributed by atoms with Gasteiger partial charge in [-0.05, 0) is 69.1 Å². The van der Waals surface area contributed by atoms with Gasteiger partial charge in [-0.1, -0.05) is 6.07 Å². The van der Waals surface area contributed by atoms with E-state index in [0.29, 0.717) is 60.0 Å². The largest absolute Gasteiger partial charge is 0.487 e. The maximum atomic E-state index is 9.60. The van der Waals surface area contributed by atoms with Crippen LogP contribution in [-0.2, 0) is 11.3 Å². The van der Waals surface area contributed by atoms with Crippen molar-refractivity contribution in [3.63, 3.8) is 0 Å². The van der Waals surface area contributed by atoms with Crippen molar-refractivity contribution in [3.05, 3.63) is 58.9 Å². The first-order chi connectivity index (χ1) is 24.1. The predicted octanol–water partition coefficient (Wildman–Crippen LogP) is 5.34. The van der Waals surface area contributed by atoms with Gasteiger partial charge in [-0.2, -0.15) is 5.26 Å². The maximum Gasteiger partial charge on any atom is 0.257 e. The number of aliphatic imine (C=N–C) groups is 1. The number of nitrogens with zero attached hydrogens (tertiary/aromatic N) is 8. The Morgan fingerprint density at radius 3 is 2.69 bits per heavy atom. The fraction of sp³-hybridized carbons (Fsp3) is 0.486. The average molecular weight is 683 g/mol. The normalized spacial score (nSPS) is 23.2. The smallest absolute Gasteiger partial charge is 0.257 e. The van der Waals surface area contributed by atoms with Gasteiger partial charge in [0.1, 0.15) is 35.2 Å². The van der Waals surface area contributed by atoms with Crippen LogP contribution < -0.4 is 20.5 Å². The number of hydrogen-bond acceptors (Lipinski definition) is 12. The van der Waals surface area contributed by atoms with E-state index in [2.05, 4.69) is 40.9 Å². The number of thiazole rings is 1. The van der Waals surface area contributed by atoms with Crippen molar-refractivity contribution < 1.29 is 14.2 Å². The van der Waals surface area contributed by atoms with Gasteiger partial charge in [-0.3, -0.25) is 14.6 Å². The van der Waals surface area contributed by atoms with E-state index in [1.54, 1.807) is 36.0 Å². The molecule has 256 valence electrons. The van der Waals surface area contributed by atoms with E-state index >= 15 is 0 Å². The summed E-state index contributed by atoms with van der Waals surface area (Å²) in [6, 6.07) is 9.06. The van der Waals surface area contributed by atoms with Gasteiger partial charge < -0.3 is 25.3 Å². The molecule has 3 aromatic heterocycles. The summed E-state index contributed by atoms with van der Waals surface area (Å²) in [5.74, 6) is 2.06. The standard InChI is InChI=1S/C35H42N10O3S/c1-23(14-38-22-37)48-32-12-25(3-4-26(32)13-36)27-15-40-35(41-16-27)42-31-18-45(43-34(31)47-21-33-39-10-11-49-33)29-8-6-28(7-9-29)44-17-24-2-5-30(44)20-46-19-24/h3-4,10-12,15-16,18,22-24,28-30H,2,5-9,14,17,19-21H2,1H3,(H2,37,38)(H,40,41,42)/t23-,24?,28?,29?,30+/m0/s1. The third-order valence-electron chi connectivity index (χ3n) is 9.66. The monoisotopic (exact) mass is 682 g/mol. The molecular weight excluding hydrogens is 641 g/mol. The van der Waals surface area contributed by atoms with Gasteiger partial charge >= 0.3 is 0 Å². The van der Waals surface area contributed by atoms with Crippen LogP contribution in [0, 0.1) is 17.2 Å². The Morgan fingerprint density at radius 2 is 1.92 bits per heavy atom. The molecular formula is C35H42N10O3S. The first kappa shape index (κ1) is 32.9. The fourth-order valence-corrected chi connectivity index (χ4v) is 7.67. The van der Waals surface area contributed by atoms with Gasteiger partial charge in [0.15, 0.2) is 0 Å². The molecule has 3 saturated heterocycles. The van der Waals surface area contributed by atoms with Gasteiger partial charge in [-0.15, -0.1) is 16.4 Å². The second-order valence-corrected chi connectivity index (χ2v) is 14.0. The Bertz CT molecular complexity index is 1740. The second-order valence-electron chi connectivity index (χ2n) is 13.0. The molecule has 1 unspecified atom stereocenters. The second kappa shape index (κ2) is 15.3. The third kappa shape index (κ3) is 7.85. The van der Waals surface area contributed by atoms with Crippen molar-refractivity contribution in [2.75, 3.05) is 31.6 Å². The van der Waals surface area contributed by atoms with Crippen LogP contribution in [0.15, 0.2) is 53.4 Å². The van der Waals surface area contributed by atoms with E-state index in [-0.39, 0.29) is 12.1 Å². The predicted molar refractivity (Wildman–Crippen MR) is 187 cm³/mol. The lowest BCUT2D eigenvalue weighted by atomic mass is 9.86. The highest BCUT2D eigenvalue weighted by Crippen LogP contribution is 2.38. The van der Waals surface area contributed by atoms with Crippen LogP contribution >= 0.6 is 11.3 Å². The number of nitriles is 1. The number of piperidine rings is 1. The van der Waals surface area contributed by atoms with Crippen molar-refractivity contribution in [3.8, 4) is 28.8 Å². The number of aromatic nitrogens is 5. The summed E-state index contributed by atoms with van der Waals surface area (Å²) in [5, 5.41) is 20.7. The quantitative estimate of drug-likeness (QED) is 0.147. The van der Waals surface area contributed by atoms with Crippen LogP contribution in [0.5, 0.6) is 11.6 Å². The minimum absolute atomic E-state index is 0.252. The lowest BCUT2D eigenvalue weighted by Gasteiger charge is -2.43. The van der Waals surface area contributed by atoms with Crippen LogP contribution in [-0.4, -0.2) is 80.5 Å². The molecule has 1 aliphatic carbocycles.